The molecule has 0 bridgehead atoms. The van der Waals surface area contributed by atoms with Crippen molar-refractivity contribution in [3.8, 4) is 11.8 Å². The molecule has 1 fully saturated rings. The molecule has 1 heterocycles. The van der Waals surface area contributed by atoms with E-state index in [9.17, 15) is 14.7 Å². The Morgan fingerprint density at radius 3 is 2.93 bits per heavy atom. The maximum Gasteiger partial charge on any atom is 0.305 e. The standard InChI is InChI=1S/C22H35NO4S/c1-4-5-6-7-9-18(2)20(24)13-11-19-12-14-21(25)23(19)15-17-28-16-8-10-22(26)27-3/h11,13,18-20,24H,4-5,8-10,12,14-17H2,1-3H3/b13-11+/t18-,19-,20+/m0/s1. The molecule has 1 amide bonds. The molecule has 0 aliphatic carbocycles. The Bertz CT molecular complexity index is 567. The van der Waals surface area contributed by atoms with Crippen molar-refractivity contribution in [3.05, 3.63) is 12.2 Å². The lowest BCUT2D eigenvalue weighted by molar-refractivity contribution is -0.140. The third-order valence-corrected chi connectivity index (χ3v) is 5.83. The molecule has 0 saturated carbocycles. The van der Waals surface area contributed by atoms with Gasteiger partial charge in [0.1, 0.15) is 0 Å². The van der Waals surface area contributed by atoms with Crippen LogP contribution < -0.4 is 0 Å². The molecule has 0 aromatic rings. The normalized spacial score (nSPS) is 18.8. The lowest BCUT2D eigenvalue weighted by Gasteiger charge is -2.23. The van der Waals surface area contributed by atoms with Gasteiger partial charge in [-0.2, -0.15) is 11.8 Å². The van der Waals surface area contributed by atoms with E-state index < -0.39 is 6.10 Å². The number of aliphatic hydroxyl groups excluding tert-OH is 1. The summed E-state index contributed by atoms with van der Waals surface area (Å²) in [6.45, 7) is 4.80. The number of esters is 1. The monoisotopic (exact) mass is 409 g/mol. The summed E-state index contributed by atoms with van der Waals surface area (Å²) in [4.78, 5) is 25.1. The Kier molecular flexibility index (Phi) is 12.8. The highest BCUT2D eigenvalue weighted by molar-refractivity contribution is 7.99. The SMILES string of the molecule is CCCC#CC[C@H](C)[C@H](O)/C=C/[C@H]1CCC(=O)N1CCSCCCC(=O)OC. The zero-order chi connectivity index (χ0) is 20.8. The van der Waals surface area contributed by atoms with Crippen molar-refractivity contribution in [3.63, 3.8) is 0 Å². The Hall–Kier alpha value is -1.45. The number of thioether (sulfide) groups is 1. The van der Waals surface area contributed by atoms with Gasteiger partial charge in [-0.3, -0.25) is 9.59 Å². The maximum absolute atomic E-state index is 12.2. The second-order valence-corrected chi connectivity index (χ2v) is 8.37. The molecule has 0 aromatic carbocycles. The average molecular weight is 410 g/mol. The number of unbranched alkanes of at least 4 members (excludes halogenated alkanes) is 1. The maximum atomic E-state index is 12.2. The van der Waals surface area contributed by atoms with Crippen LogP contribution in [0.5, 0.6) is 0 Å². The Morgan fingerprint density at radius 1 is 1.43 bits per heavy atom. The molecular weight excluding hydrogens is 374 g/mol. The first-order valence-corrected chi connectivity index (χ1v) is 11.4. The van der Waals surface area contributed by atoms with Crippen molar-refractivity contribution in [1.29, 1.82) is 0 Å². The van der Waals surface area contributed by atoms with E-state index in [1.165, 1.54) is 7.11 Å². The Labute approximate surface area is 174 Å². The topological polar surface area (TPSA) is 66.8 Å². The summed E-state index contributed by atoms with van der Waals surface area (Å²) in [6, 6.07) is 0.0659. The minimum atomic E-state index is -0.541. The first-order chi connectivity index (χ1) is 13.5. The molecule has 1 N–H and O–H groups in total. The third kappa shape index (κ3) is 9.66. The molecule has 0 unspecified atom stereocenters. The second kappa shape index (κ2) is 14.5. The molecule has 158 valence electrons. The van der Waals surface area contributed by atoms with E-state index in [1.807, 2.05) is 24.0 Å². The van der Waals surface area contributed by atoms with Gasteiger partial charge in [0.2, 0.25) is 5.91 Å². The summed E-state index contributed by atoms with van der Waals surface area (Å²) >= 11 is 1.75. The summed E-state index contributed by atoms with van der Waals surface area (Å²) in [7, 11) is 1.40. The molecule has 1 saturated heterocycles. The number of likely N-dealkylation sites (tertiary alicyclic amines) is 1. The predicted octanol–water partition coefficient (Wildman–Crippen LogP) is 3.41. The average Bonchev–Trinajstić information content (AvgIpc) is 3.05. The highest BCUT2D eigenvalue weighted by Gasteiger charge is 2.28. The minimum absolute atomic E-state index is 0.0659. The fourth-order valence-corrected chi connectivity index (χ4v) is 3.81. The quantitative estimate of drug-likeness (QED) is 0.232. The first kappa shape index (κ1) is 24.6. The van der Waals surface area contributed by atoms with Crippen molar-refractivity contribution in [2.75, 3.05) is 25.2 Å². The first-order valence-electron chi connectivity index (χ1n) is 10.3. The van der Waals surface area contributed by atoms with Gasteiger partial charge in [-0.15, -0.1) is 11.8 Å². The van der Waals surface area contributed by atoms with Crippen LogP contribution in [0.3, 0.4) is 0 Å². The van der Waals surface area contributed by atoms with Crippen LogP contribution in [0.25, 0.3) is 0 Å². The number of carbonyl (C=O) groups is 2. The molecular formula is C22H35NO4S. The Morgan fingerprint density at radius 2 is 2.21 bits per heavy atom. The predicted molar refractivity (Wildman–Crippen MR) is 115 cm³/mol. The zero-order valence-electron chi connectivity index (χ0n) is 17.5. The largest absolute Gasteiger partial charge is 0.469 e. The van der Waals surface area contributed by atoms with Gasteiger partial charge in [0.05, 0.1) is 19.3 Å². The number of rotatable bonds is 12. The number of ether oxygens (including phenoxy) is 1. The number of nitrogens with zero attached hydrogens (tertiary/aromatic N) is 1. The number of carbonyl (C=O) groups excluding carboxylic acids is 2. The Balaban J connectivity index is 2.36. The molecule has 1 rings (SSSR count). The summed E-state index contributed by atoms with van der Waals surface area (Å²) in [6.07, 6.45) is 8.51. The molecule has 1 aliphatic rings. The lowest BCUT2D eigenvalue weighted by atomic mass is 10.00. The highest BCUT2D eigenvalue weighted by atomic mass is 32.2. The van der Waals surface area contributed by atoms with Gasteiger partial charge in [-0.25, -0.2) is 0 Å². The minimum Gasteiger partial charge on any atom is -0.469 e. The van der Waals surface area contributed by atoms with Crippen LogP contribution in [0.2, 0.25) is 0 Å². The zero-order valence-corrected chi connectivity index (χ0v) is 18.3. The van der Waals surface area contributed by atoms with E-state index in [-0.39, 0.29) is 23.8 Å². The second-order valence-electron chi connectivity index (χ2n) is 7.15. The number of amides is 1. The summed E-state index contributed by atoms with van der Waals surface area (Å²) in [5.41, 5.74) is 0. The van der Waals surface area contributed by atoms with Crippen LogP contribution in [0.4, 0.5) is 0 Å². The van der Waals surface area contributed by atoms with Gasteiger partial charge in [-0.1, -0.05) is 26.0 Å². The molecule has 0 radical (unpaired) electrons. The number of hydrogen-bond donors (Lipinski definition) is 1. The van der Waals surface area contributed by atoms with Crippen molar-refractivity contribution in [2.45, 2.75) is 70.9 Å². The van der Waals surface area contributed by atoms with Gasteiger partial charge in [0, 0.05) is 38.0 Å². The molecule has 5 nitrogen and oxygen atoms in total. The van der Waals surface area contributed by atoms with Crippen molar-refractivity contribution < 1.29 is 19.4 Å². The number of methoxy groups -OCH3 is 1. The summed E-state index contributed by atoms with van der Waals surface area (Å²) in [5.74, 6) is 8.05. The van der Waals surface area contributed by atoms with Gasteiger partial charge in [0.15, 0.2) is 0 Å². The molecule has 1 aliphatic heterocycles. The fraction of sp³-hybridized carbons (Fsp3) is 0.727. The molecule has 0 aromatic heterocycles. The summed E-state index contributed by atoms with van der Waals surface area (Å²) < 4.78 is 4.62. The van der Waals surface area contributed by atoms with E-state index in [1.54, 1.807) is 11.8 Å². The van der Waals surface area contributed by atoms with Crippen molar-refractivity contribution in [1.82, 2.24) is 4.90 Å². The van der Waals surface area contributed by atoms with Gasteiger partial charge in [0.25, 0.3) is 0 Å². The smallest absolute Gasteiger partial charge is 0.305 e. The van der Waals surface area contributed by atoms with Crippen molar-refractivity contribution in [2.24, 2.45) is 5.92 Å². The van der Waals surface area contributed by atoms with E-state index >= 15 is 0 Å². The van der Waals surface area contributed by atoms with Gasteiger partial charge < -0.3 is 14.7 Å². The lowest BCUT2D eigenvalue weighted by Crippen LogP contribution is -2.34. The third-order valence-electron chi connectivity index (χ3n) is 4.79. The highest BCUT2D eigenvalue weighted by Crippen LogP contribution is 2.21. The van der Waals surface area contributed by atoms with E-state index in [2.05, 4.69) is 23.5 Å². The van der Waals surface area contributed by atoms with Gasteiger partial charge >= 0.3 is 5.97 Å². The van der Waals surface area contributed by atoms with Crippen LogP contribution in [-0.4, -0.2) is 59.2 Å². The van der Waals surface area contributed by atoms with E-state index in [0.29, 0.717) is 25.8 Å². The van der Waals surface area contributed by atoms with Crippen LogP contribution in [-0.2, 0) is 14.3 Å². The van der Waals surface area contributed by atoms with Crippen molar-refractivity contribution >= 4 is 23.6 Å². The fourth-order valence-electron chi connectivity index (χ4n) is 2.93. The molecule has 0 spiro atoms. The number of aliphatic hydroxyl groups is 1. The van der Waals surface area contributed by atoms with Crippen LogP contribution in [0, 0.1) is 17.8 Å². The van der Waals surface area contributed by atoms with Crippen LogP contribution >= 0.6 is 11.8 Å². The summed E-state index contributed by atoms with van der Waals surface area (Å²) in [5, 5.41) is 10.3. The van der Waals surface area contributed by atoms with Crippen LogP contribution in [0.15, 0.2) is 12.2 Å². The molecule has 28 heavy (non-hydrogen) atoms. The van der Waals surface area contributed by atoms with Gasteiger partial charge in [-0.05, 0) is 30.9 Å². The molecule has 6 heteroatoms. The molecule has 3 atom stereocenters. The number of hydrogen-bond acceptors (Lipinski definition) is 5. The van der Waals surface area contributed by atoms with E-state index in [4.69, 9.17) is 0 Å². The van der Waals surface area contributed by atoms with Crippen LogP contribution in [0.1, 0.15) is 58.8 Å². The van der Waals surface area contributed by atoms with E-state index in [0.717, 1.165) is 37.2 Å².